The summed E-state index contributed by atoms with van der Waals surface area (Å²) >= 11 is 0. The average molecular weight is 373 g/mol. The molecule has 0 amide bonds. The average Bonchev–Trinajstić information content (AvgIpc) is 2.69. The molecular weight excluding hydrogens is 346 g/mol. The molecule has 27 heavy (non-hydrogen) atoms. The molecule has 0 aliphatic rings. The van der Waals surface area contributed by atoms with Crippen LogP contribution in [0.2, 0.25) is 0 Å². The Hall–Kier alpha value is -2.41. The highest BCUT2D eigenvalue weighted by molar-refractivity contribution is 5.66. The van der Waals surface area contributed by atoms with Crippen LogP contribution in [0.4, 0.5) is 0 Å². The van der Waals surface area contributed by atoms with Gasteiger partial charge in [-0.05, 0) is 36.1 Å². The van der Waals surface area contributed by atoms with Crippen molar-refractivity contribution in [1.29, 1.82) is 0 Å². The number of aryl methyl sites for hydroxylation is 1. The van der Waals surface area contributed by atoms with E-state index in [-0.39, 0.29) is 19.5 Å². The maximum Gasteiger partial charge on any atom is 0.304 e. The van der Waals surface area contributed by atoms with Gasteiger partial charge in [0.05, 0.1) is 19.1 Å². The summed E-state index contributed by atoms with van der Waals surface area (Å²) in [7, 11) is 0. The third kappa shape index (κ3) is 7.78. The van der Waals surface area contributed by atoms with Crippen molar-refractivity contribution in [3.63, 3.8) is 0 Å². The number of carboxylic acid groups (broad SMARTS) is 1. The Morgan fingerprint density at radius 2 is 1.74 bits per heavy atom. The van der Waals surface area contributed by atoms with E-state index >= 15 is 0 Å². The summed E-state index contributed by atoms with van der Waals surface area (Å²) < 4.78 is 5.71. The van der Waals surface area contributed by atoms with Gasteiger partial charge in [-0.25, -0.2) is 0 Å². The largest absolute Gasteiger partial charge is 0.494 e. The SMILES string of the molecule is O=C(O)CCNCC(O)C(O)c1ccc(OCCCc2ccccc2)cc1. The second-order valence-electron chi connectivity index (χ2n) is 6.37. The summed E-state index contributed by atoms with van der Waals surface area (Å²) in [4.78, 5) is 10.4. The number of carboxylic acids is 1. The lowest BCUT2D eigenvalue weighted by Gasteiger charge is -2.19. The molecule has 0 aromatic heterocycles. The number of carbonyl (C=O) groups is 1. The van der Waals surface area contributed by atoms with Gasteiger partial charge in [0.15, 0.2) is 0 Å². The Balaban J connectivity index is 1.70. The summed E-state index contributed by atoms with van der Waals surface area (Å²) in [5.41, 5.74) is 1.87. The highest BCUT2D eigenvalue weighted by Crippen LogP contribution is 2.20. The molecule has 0 aliphatic heterocycles. The normalized spacial score (nSPS) is 13.1. The molecule has 0 heterocycles. The fraction of sp³-hybridized carbons (Fsp3) is 0.381. The third-order valence-electron chi connectivity index (χ3n) is 4.18. The van der Waals surface area contributed by atoms with Crippen molar-refractivity contribution in [2.75, 3.05) is 19.7 Å². The molecule has 4 N–H and O–H groups in total. The maximum atomic E-state index is 10.4. The van der Waals surface area contributed by atoms with Crippen molar-refractivity contribution in [1.82, 2.24) is 5.32 Å². The molecule has 0 spiro atoms. The Labute approximate surface area is 159 Å². The highest BCUT2D eigenvalue weighted by atomic mass is 16.5. The van der Waals surface area contributed by atoms with Crippen LogP contribution in [0.3, 0.4) is 0 Å². The van der Waals surface area contributed by atoms with Gasteiger partial charge >= 0.3 is 5.97 Å². The molecule has 0 fully saturated rings. The van der Waals surface area contributed by atoms with E-state index in [0.717, 1.165) is 12.8 Å². The number of aliphatic hydroxyl groups excluding tert-OH is 2. The van der Waals surface area contributed by atoms with E-state index in [1.165, 1.54) is 5.56 Å². The van der Waals surface area contributed by atoms with Crippen molar-refractivity contribution in [2.24, 2.45) is 0 Å². The highest BCUT2D eigenvalue weighted by Gasteiger charge is 2.18. The summed E-state index contributed by atoms with van der Waals surface area (Å²) in [5.74, 6) is -0.190. The lowest BCUT2D eigenvalue weighted by Crippen LogP contribution is -2.32. The first-order chi connectivity index (χ1) is 13.1. The summed E-state index contributed by atoms with van der Waals surface area (Å²) in [6.07, 6.45) is -0.224. The minimum absolute atomic E-state index is 0.0286. The van der Waals surface area contributed by atoms with Gasteiger partial charge in [-0.3, -0.25) is 4.79 Å². The second kappa shape index (κ2) is 11.3. The molecule has 2 atom stereocenters. The standard InChI is InChI=1S/C21H27NO5/c23-19(15-22-13-12-20(24)25)21(26)17-8-10-18(11-9-17)27-14-4-7-16-5-2-1-3-6-16/h1-3,5-6,8-11,19,21-23,26H,4,7,12-15H2,(H,24,25). The number of hydrogen-bond acceptors (Lipinski definition) is 5. The zero-order chi connectivity index (χ0) is 19.5. The van der Waals surface area contributed by atoms with Gasteiger partial charge in [-0.2, -0.15) is 0 Å². The van der Waals surface area contributed by atoms with Crippen LogP contribution >= 0.6 is 0 Å². The molecule has 0 radical (unpaired) electrons. The van der Waals surface area contributed by atoms with Crippen molar-refractivity contribution in [2.45, 2.75) is 31.5 Å². The number of rotatable bonds is 12. The van der Waals surface area contributed by atoms with E-state index in [1.807, 2.05) is 18.2 Å². The van der Waals surface area contributed by atoms with Crippen LogP contribution < -0.4 is 10.1 Å². The minimum Gasteiger partial charge on any atom is -0.494 e. The lowest BCUT2D eigenvalue weighted by atomic mass is 10.0. The third-order valence-corrected chi connectivity index (χ3v) is 4.18. The zero-order valence-electron chi connectivity index (χ0n) is 15.3. The molecule has 2 aromatic carbocycles. The van der Waals surface area contributed by atoms with Crippen LogP contribution in [0.25, 0.3) is 0 Å². The molecular formula is C21H27NO5. The molecule has 146 valence electrons. The van der Waals surface area contributed by atoms with Crippen LogP contribution in [0.5, 0.6) is 5.75 Å². The fourth-order valence-corrected chi connectivity index (χ4v) is 2.65. The molecule has 0 saturated heterocycles. The summed E-state index contributed by atoms with van der Waals surface area (Å²) in [5, 5.41) is 31.6. The number of ether oxygens (including phenoxy) is 1. The second-order valence-corrected chi connectivity index (χ2v) is 6.37. The molecule has 2 aromatic rings. The topological polar surface area (TPSA) is 99.0 Å². The lowest BCUT2D eigenvalue weighted by molar-refractivity contribution is -0.136. The minimum atomic E-state index is -1.05. The monoisotopic (exact) mass is 373 g/mol. The van der Waals surface area contributed by atoms with E-state index in [2.05, 4.69) is 17.4 Å². The molecule has 0 saturated carbocycles. The number of aliphatic carboxylic acids is 1. The van der Waals surface area contributed by atoms with Gasteiger partial charge in [0.25, 0.3) is 0 Å². The van der Waals surface area contributed by atoms with Crippen molar-refractivity contribution in [3.8, 4) is 5.75 Å². The quantitative estimate of drug-likeness (QED) is 0.426. The van der Waals surface area contributed by atoms with Crippen LogP contribution in [0.15, 0.2) is 54.6 Å². The van der Waals surface area contributed by atoms with E-state index in [9.17, 15) is 15.0 Å². The van der Waals surface area contributed by atoms with Gasteiger partial charge in [0, 0.05) is 13.1 Å². The Morgan fingerprint density at radius 1 is 1.04 bits per heavy atom. The first-order valence-corrected chi connectivity index (χ1v) is 9.11. The van der Waals surface area contributed by atoms with Gasteiger partial charge in [0.1, 0.15) is 11.9 Å². The van der Waals surface area contributed by atoms with Crippen LogP contribution in [0, 0.1) is 0 Å². The number of nitrogens with one attached hydrogen (secondary N) is 1. The first-order valence-electron chi connectivity index (χ1n) is 9.11. The Kier molecular flexibility index (Phi) is 8.77. The number of hydrogen-bond donors (Lipinski definition) is 4. The fourth-order valence-electron chi connectivity index (χ4n) is 2.65. The predicted molar refractivity (Wildman–Crippen MR) is 103 cm³/mol. The molecule has 0 aliphatic carbocycles. The molecule has 6 nitrogen and oxygen atoms in total. The molecule has 6 heteroatoms. The van der Waals surface area contributed by atoms with Crippen LogP contribution in [0.1, 0.15) is 30.1 Å². The predicted octanol–water partition coefficient (Wildman–Crippen LogP) is 2.16. The molecule has 2 rings (SSSR count). The van der Waals surface area contributed by atoms with Crippen LogP contribution in [-0.4, -0.2) is 47.1 Å². The summed E-state index contributed by atoms with van der Waals surface area (Å²) in [6, 6.07) is 17.2. The van der Waals surface area contributed by atoms with Crippen LogP contribution in [-0.2, 0) is 11.2 Å². The Morgan fingerprint density at radius 3 is 2.41 bits per heavy atom. The Bertz CT molecular complexity index is 675. The van der Waals surface area contributed by atoms with Crippen molar-refractivity contribution < 1.29 is 24.9 Å². The van der Waals surface area contributed by atoms with E-state index in [0.29, 0.717) is 17.9 Å². The van der Waals surface area contributed by atoms with E-state index in [1.54, 1.807) is 24.3 Å². The zero-order valence-corrected chi connectivity index (χ0v) is 15.3. The summed E-state index contributed by atoms with van der Waals surface area (Å²) in [6.45, 7) is 0.966. The smallest absolute Gasteiger partial charge is 0.304 e. The number of benzene rings is 2. The van der Waals surface area contributed by atoms with Crippen molar-refractivity contribution in [3.05, 3.63) is 65.7 Å². The van der Waals surface area contributed by atoms with Crippen molar-refractivity contribution >= 4 is 5.97 Å². The van der Waals surface area contributed by atoms with E-state index in [4.69, 9.17) is 9.84 Å². The molecule has 0 bridgehead atoms. The maximum absolute atomic E-state index is 10.4. The first kappa shape index (κ1) is 20.9. The molecule has 2 unspecified atom stereocenters. The van der Waals surface area contributed by atoms with Gasteiger partial charge < -0.3 is 25.4 Å². The van der Waals surface area contributed by atoms with Gasteiger partial charge in [0.2, 0.25) is 0 Å². The van der Waals surface area contributed by atoms with Gasteiger partial charge in [-0.15, -0.1) is 0 Å². The van der Waals surface area contributed by atoms with Gasteiger partial charge in [-0.1, -0.05) is 42.5 Å². The number of aliphatic hydroxyl groups is 2. The van der Waals surface area contributed by atoms with E-state index < -0.39 is 18.2 Å².